The second kappa shape index (κ2) is 14.5. The highest BCUT2D eigenvalue weighted by Gasteiger charge is 2.41. The van der Waals surface area contributed by atoms with Crippen LogP contribution in [0.25, 0.3) is 17.3 Å². The SMILES string of the molecule is CC(C)[Si](C#C/C(=C/c1ccccc1)c1cn(-c2cccc(OCCCCCBr)c2)nn1)(C(C)C)C(C)C. The van der Waals surface area contributed by atoms with Crippen molar-refractivity contribution in [3.8, 4) is 22.9 Å². The summed E-state index contributed by atoms with van der Waals surface area (Å²) in [5.74, 6) is 4.47. The number of rotatable bonds is 12. The number of aromatic nitrogens is 3. The largest absolute Gasteiger partial charge is 0.494 e. The second-order valence-electron chi connectivity index (χ2n) is 10.8. The minimum Gasteiger partial charge on any atom is -0.494 e. The number of allylic oxidation sites excluding steroid dienone is 1. The number of hydrogen-bond donors (Lipinski definition) is 0. The van der Waals surface area contributed by atoms with E-state index in [4.69, 9.17) is 4.74 Å². The zero-order chi connectivity index (χ0) is 27.5. The Labute approximate surface area is 239 Å². The molecule has 3 aromatic rings. The summed E-state index contributed by atoms with van der Waals surface area (Å²) in [6.07, 6.45) is 7.48. The highest BCUT2D eigenvalue weighted by molar-refractivity contribution is 9.09. The van der Waals surface area contributed by atoms with Gasteiger partial charge in [-0.05, 0) is 59.7 Å². The van der Waals surface area contributed by atoms with E-state index in [2.05, 4.69) is 110 Å². The Hall–Kier alpha value is -2.62. The number of nitrogens with zero attached hydrogens (tertiary/aromatic N) is 3. The second-order valence-corrected chi connectivity index (χ2v) is 17.1. The summed E-state index contributed by atoms with van der Waals surface area (Å²) in [4.78, 5) is 0. The molecule has 0 fully saturated rings. The quantitative estimate of drug-likeness (QED) is 0.0912. The molecule has 4 nitrogen and oxygen atoms in total. The first-order chi connectivity index (χ1) is 18.3. The van der Waals surface area contributed by atoms with E-state index in [0.717, 1.165) is 46.4 Å². The van der Waals surface area contributed by atoms with Crippen LogP contribution in [0.15, 0.2) is 60.8 Å². The van der Waals surface area contributed by atoms with Crippen LogP contribution in [0.3, 0.4) is 0 Å². The molecule has 6 heteroatoms. The molecule has 1 aromatic heterocycles. The van der Waals surface area contributed by atoms with Crippen molar-refractivity contribution in [1.29, 1.82) is 0 Å². The molecule has 3 rings (SSSR count). The summed E-state index contributed by atoms with van der Waals surface area (Å²) in [6.45, 7) is 14.8. The van der Waals surface area contributed by atoms with Crippen molar-refractivity contribution in [2.24, 2.45) is 0 Å². The van der Waals surface area contributed by atoms with E-state index < -0.39 is 8.07 Å². The van der Waals surface area contributed by atoms with Gasteiger partial charge in [0, 0.05) is 11.4 Å². The van der Waals surface area contributed by atoms with E-state index in [1.54, 1.807) is 0 Å². The minimum absolute atomic E-state index is 0.561. The van der Waals surface area contributed by atoms with Crippen LogP contribution in [0, 0.1) is 11.5 Å². The topological polar surface area (TPSA) is 39.9 Å². The molecular weight excluding hydrogens is 550 g/mol. The van der Waals surface area contributed by atoms with Gasteiger partial charge in [-0.15, -0.1) is 10.6 Å². The lowest BCUT2D eigenvalue weighted by atomic mass is 10.1. The molecule has 0 spiro atoms. The summed E-state index contributed by atoms with van der Waals surface area (Å²) >= 11 is 3.48. The molecule has 0 saturated heterocycles. The third kappa shape index (κ3) is 7.71. The molecule has 0 atom stereocenters. The van der Waals surface area contributed by atoms with Crippen LogP contribution in [0.1, 0.15) is 72.1 Å². The first-order valence-electron chi connectivity index (χ1n) is 13.8. The molecule has 0 aliphatic heterocycles. The van der Waals surface area contributed by atoms with Gasteiger partial charge >= 0.3 is 0 Å². The number of hydrogen-bond acceptors (Lipinski definition) is 3. The van der Waals surface area contributed by atoms with Gasteiger partial charge in [-0.3, -0.25) is 0 Å². The average molecular weight is 593 g/mol. The molecule has 0 bridgehead atoms. The molecule has 0 amide bonds. The third-order valence-corrected chi connectivity index (χ3v) is 14.1. The zero-order valence-electron chi connectivity index (χ0n) is 23.7. The Morgan fingerprint density at radius 2 is 1.66 bits per heavy atom. The predicted octanol–water partition coefficient (Wildman–Crippen LogP) is 8.97. The molecule has 202 valence electrons. The molecular formula is C32H42BrN3OSi. The molecule has 0 unspecified atom stereocenters. The maximum Gasteiger partial charge on any atom is 0.146 e. The van der Waals surface area contributed by atoms with E-state index in [0.29, 0.717) is 23.2 Å². The van der Waals surface area contributed by atoms with Gasteiger partial charge in [0.2, 0.25) is 0 Å². The van der Waals surface area contributed by atoms with Gasteiger partial charge in [0.25, 0.3) is 0 Å². The fourth-order valence-corrected chi connectivity index (χ4v) is 10.9. The normalized spacial score (nSPS) is 12.2. The van der Waals surface area contributed by atoms with Crippen LogP contribution in [-0.2, 0) is 0 Å². The maximum absolute atomic E-state index is 5.99. The predicted molar refractivity (Wildman–Crippen MR) is 168 cm³/mol. The Bertz CT molecular complexity index is 1220. The minimum atomic E-state index is -1.90. The summed E-state index contributed by atoms with van der Waals surface area (Å²) in [5, 5.41) is 10.1. The van der Waals surface area contributed by atoms with Gasteiger partial charge in [0.15, 0.2) is 0 Å². The van der Waals surface area contributed by atoms with Gasteiger partial charge in [-0.25, -0.2) is 4.68 Å². The van der Waals surface area contributed by atoms with Crippen LogP contribution >= 0.6 is 15.9 Å². The fraction of sp³-hybridized carbons (Fsp3) is 0.438. The lowest BCUT2D eigenvalue weighted by Gasteiger charge is -2.38. The smallest absolute Gasteiger partial charge is 0.146 e. The standard InChI is InChI=1S/C32H42BrN3OSi/c1-25(2)38(26(3)4,27(5)6)21-18-29(22-28-14-9-7-10-15-28)32-24-36(35-34-32)30-16-13-17-31(23-30)37-20-12-8-11-19-33/h7,9-10,13-17,22-27H,8,11-12,19-20H2,1-6H3/b29-22-. The molecule has 0 aliphatic rings. The van der Waals surface area contributed by atoms with Crippen molar-refractivity contribution in [2.75, 3.05) is 11.9 Å². The molecule has 0 saturated carbocycles. The van der Waals surface area contributed by atoms with E-state index in [1.807, 2.05) is 41.2 Å². The third-order valence-electron chi connectivity index (χ3n) is 7.29. The van der Waals surface area contributed by atoms with Crippen LogP contribution in [0.4, 0.5) is 0 Å². The number of alkyl halides is 1. The maximum atomic E-state index is 5.99. The van der Waals surface area contributed by atoms with Crippen molar-refractivity contribution in [3.05, 3.63) is 72.1 Å². The van der Waals surface area contributed by atoms with E-state index in [-0.39, 0.29) is 0 Å². The number of ether oxygens (including phenoxy) is 1. The van der Waals surface area contributed by atoms with Crippen LogP contribution in [0.5, 0.6) is 5.75 Å². The lowest BCUT2D eigenvalue weighted by molar-refractivity contribution is 0.306. The Balaban J connectivity index is 1.95. The summed E-state index contributed by atoms with van der Waals surface area (Å²) < 4.78 is 7.80. The van der Waals surface area contributed by atoms with E-state index in [9.17, 15) is 0 Å². The highest BCUT2D eigenvalue weighted by atomic mass is 79.9. The van der Waals surface area contributed by atoms with Gasteiger partial charge in [-0.1, -0.05) is 105 Å². The molecule has 0 radical (unpaired) electrons. The van der Waals surface area contributed by atoms with Gasteiger partial charge in [0.1, 0.15) is 19.5 Å². The van der Waals surface area contributed by atoms with Crippen molar-refractivity contribution < 1.29 is 4.74 Å². The van der Waals surface area contributed by atoms with Gasteiger partial charge < -0.3 is 4.74 Å². The van der Waals surface area contributed by atoms with Crippen molar-refractivity contribution in [2.45, 2.75) is 77.4 Å². The van der Waals surface area contributed by atoms with Crippen molar-refractivity contribution >= 4 is 35.7 Å². The molecule has 1 heterocycles. The first-order valence-corrected chi connectivity index (χ1v) is 17.1. The Kier molecular flexibility index (Phi) is 11.4. The van der Waals surface area contributed by atoms with E-state index in [1.165, 1.54) is 6.42 Å². The van der Waals surface area contributed by atoms with Crippen molar-refractivity contribution in [3.63, 3.8) is 0 Å². The van der Waals surface area contributed by atoms with Gasteiger partial charge in [-0.2, -0.15) is 0 Å². The lowest BCUT2D eigenvalue weighted by Crippen LogP contribution is -2.43. The number of halogens is 1. The van der Waals surface area contributed by atoms with Crippen LogP contribution in [-0.4, -0.2) is 35.0 Å². The van der Waals surface area contributed by atoms with Gasteiger partial charge in [0.05, 0.1) is 24.1 Å². The Morgan fingerprint density at radius 3 is 2.32 bits per heavy atom. The van der Waals surface area contributed by atoms with Crippen LogP contribution < -0.4 is 4.74 Å². The highest BCUT2D eigenvalue weighted by Crippen LogP contribution is 2.41. The molecule has 0 aliphatic carbocycles. The molecule has 2 aromatic carbocycles. The monoisotopic (exact) mass is 591 g/mol. The van der Waals surface area contributed by atoms with E-state index >= 15 is 0 Å². The summed E-state index contributed by atoms with van der Waals surface area (Å²) in [6, 6.07) is 18.4. The average Bonchev–Trinajstić information content (AvgIpc) is 3.39. The van der Waals surface area contributed by atoms with Crippen molar-refractivity contribution in [1.82, 2.24) is 15.0 Å². The fourth-order valence-electron chi connectivity index (χ4n) is 5.29. The molecule has 38 heavy (non-hydrogen) atoms. The molecule has 0 N–H and O–H groups in total. The first kappa shape index (κ1) is 29.9. The van der Waals surface area contributed by atoms with Crippen LogP contribution in [0.2, 0.25) is 16.6 Å². The summed E-state index contributed by atoms with van der Waals surface area (Å²) in [5.41, 5.74) is 9.26. The number of benzene rings is 2. The zero-order valence-corrected chi connectivity index (χ0v) is 26.3. The Morgan fingerprint density at radius 1 is 0.947 bits per heavy atom. The number of unbranched alkanes of at least 4 members (excludes halogenated alkanes) is 2. The summed E-state index contributed by atoms with van der Waals surface area (Å²) in [7, 11) is -1.90.